The molecular weight excluding hydrogens is 688 g/mol. The Morgan fingerprint density at radius 3 is 1.44 bits per heavy atom. The van der Waals surface area contributed by atoms with Crippen molar-refractivity contribution in [2.45, 2.75) is 76.3 Å². The van der Waals surface area contributed by atoms with Crippen molar-refractivity contribution < 1.29 is 28.1 Å². The third-order valence-corrected chi connectivity index (χ3v) is 14.9. The second kappa shape index (κ2) is 17.9. The van der Waals surface area contributed by atoms with Gasteiger partial charge in [-0.2, -0.15) is 0 Å². The van der Waals surface area contributed by atoms with Gasteiger partial charge in [-0.3, -0.25) is 0 Å². The van der Waals surface area contributed by atoms with Crippen LogP contribution in [0.4, 0.5) is 0 Å². The number of hydrogen-bond acceptors (Lipinski definition) is 6. The molecule has 6 nitrogen and oxygen atoms in total. The quantitative estimate of drug-likeness (QED) is 0.101. The van der Waals surface area contributed by atoms with Crippen molar-refractivity contribution in [2.24, 2.45) is 0 Å². The first kappa shape index (κ1) is 38.1. The summed E-state index contributed by atoms with van der Waals surface area (Å²) in [5, 5.41) is 2.83. The summed E-state index contributed by atoms with van der Waals surface area (Å²) >= 11 is 6.19. The van der Waals surface area contributed by atoms with E-state index in [1.165, 1.54) is 10.4 Å². The Balaban J connectivity index is 1.38. The summed E-state index contributed by atoms with van der Waals surface area (Å²) < 4.78 is 40.7. The minimum atomic E-state index is -2.92. The van der Waals surface area contributed by atoms with Crippen molar-refractivity contribution in [3.8, 4) is 0 Å². The van der Waals surface area contributed by atoms with Crippen LogP contribution in [-0.4, -0.2) is 52.7 Å². The summed E-state index contributed by atoms with van der Waals surface area (Å²) in [5.41, 5.74) is 3.06. The van der Waals surface area contributed by atoms with Gasteiger partial charge in [0.25, 0.3) is 8.32 Å². The van der Waals surface area contributed by atoms with Crippen LogP contribution < -0.4 is 10.4 Å². The molecule has 6 rings (SSSR count). The highest BCUT2D eigenvalue weighted by atomic mass is 35.5. The highest BCUT2D eigenvalue weighted by Crippen LogP contribution is 2.38. The van der Waals surface area contributed by atoms with Crippen LogP contribution in [0.15, 0.2) is 146 Å². The van der Waals surface area contributed by atoms with Crippen LogP contribution in [0.2, 0.25) is 10.1 Å². The summed E-state index contributed by atoms with van der Waals surface area (Å²) in [6.45, 7) is 8.10. The van der Waals surface area contributed by atoms with Gasteiger partial charge < -0.3 is 28.1 Å². The molecule has 1 saturated heterocycles. The normalized spacial score (nSPS) is 20.8. The van der Waals surface area contributed by atoms with Gasteiger partial charge >= 0.3 is 0 Å². The van der Waals surface area contributed by atoms with Crippen LogP contribution in [0.25, 0.3) is 0 Å². The van der Waals surface area contributed by atoms with E-state index in [1.54, 1.807) is 7.11 Å². The molecule has 1 aliphatic heterocycles. The van der Waals surface area contributed by atoms with Gasteiger partial charge in [0.05, 0.1) is 26.4 Å². The molecule has 0 aliphatic carbocycles. The zero-order valence-corrected chi connectivity index (χ0v) is 32.2. The van der Waals surface area contributed by atoms with Gasteiger partial charge in [0.1, 0.15) is 24.4 Å². The first-order valence-electron chi connectivity index (χ1n) is 17.9. The zero-order chi connectivity index (χ0) is 36.4. The van der Waals surface area contributed by atoms with Gasteiger partial charge in [0.2, 0.25) is 0 Å². The van der Waals surface area contributed by atoms with Crippen LogP contribution in [0, 0.1) is 0 Å². The molecule has 0 spiro atoms. The number of methoxy groups -OCH3 is 1. The zero-order valence-electron chi connectivity index (χ0n) is 30.4. The molecule has 1 aliphatic rings. The van der Waals surface area contributed by atoms with Gasteiger partial charge in [-0.1, -0.05) is 166 Å². The number of benzene rings is 5. The van der Waals surface area contributed by atoms with E-state index in [1.807, 2.05) is 60.7 Å². The Morgan fingerprint density at radius 1 is 0.558 bits per heavy atom. The fraction of sp³-hybridized carbons (Fsp3) is 0.318. The van der Waals surface area contributed by atoms with Gasteiger partial charge in [-0.05, 0) is 44.2 Å². The van der Waals surface area contributed by atoms with Crippen LogP contribution >= 0.6 is 11.6 Å². The molecule has 1 fully saturated rings. The number of ether oxygens (including phenoxy) is 5. The molecule has 52 heavy (non-hydrogen) atoms. The molecule has 0 saturated carbocycles. The average Bonchev–Trinajstić information content (AvgIpc) is 3.17. The lowest BCUT2D eigenvalue weighted by Gasteiger charge is -2.48. The average molecular weight is 737 g/mol. The van der Waals surface area contributed by atoms with E-state index in [2.05, 4.69) is 106 Å². The molecule has 0 aromatic heterocycles. The molecule has 0 amide bonds. The van der Waals surface area contributed by atoms with Gasteiger partial charge in [0.15, 0.2) is 6.29 Å². The SMILES string of the molecule is CO[C@H]1O[C@H](CO[Si](c2ccccc2)(c2ccccc2)C(C)(C)C)[C@@H](OCc2ccccc2)[C@H](OCc2ccccc2)[C@H]1OCc1ccc(Cl)cc1. The highest BCUT2D eigenvalue weighted by molar-refractivity contribution is 6.99. The van der Waals surface area contributed by atoms with E-state index in [4.69, 9.17) is 39.7 Å². The summed E-state index contributed by atoms with van der Waals surface area (Å²) in [7, 11) is -1.27. The molecule has 5 atom stereocenters. The first-order chi connectivity index (χ1) is 25.3. The van der Waals surface area contributed by atoms with Crippen molar-refractivity contribution in [3.05, 3.63) is 167 Å². The van der Waals surface area contributed by atoms with Crippen LogP contribution in [0.3, 0.4) is 0 Å². The second-order valence-electron chi connectivity index (χ2n) is 14.2. The van der Waals surface area contributed by atoms with Crippen molar-refractivity contribution in [3.63, 3.8) is 0 Å². The molecule has 272 valence electrons. The summed E-state index contributed by atoms with van der Waals surface area (Å²) in [4.78, 5) is 0. The third-order valence-electron chi connectivity index (χ3n) is 9.63. The first-order valence-corrected chi connectivity index (χ1v) is 20.2. The van der Waals surface area contributed by atoms with Crippen LogP contribution in [-0.2, 0) is 47.9 Å². The lowest BCUT2D eigenvalue weighted by atomic mass is 9.98. The number of hydrogen-bond donors (Lipinski definition) is 0. The predicted octanol–water partition coefficient (Wildman–Crippen LogP) is 8.34. The topological polar surface area (TPSA) is 55.4 Å². The standard InChI is InChI=1S/C44H49ClO6Si/c1-44(2,3)52(37-21-13-7-14-22-37,38-23-15-8-16-24-38)50-32-39-40(47-29-33-17-9-5-10-18-33)41(48-30-34-19-11-6-12-20-34)42(43(46-4)51-39)49-31-35-25-27-36(45)28-26-35/h5-28,39-43H,29-32H2,1-4H3/t39-,40-,41+,42-,43+/m1/s1. The van der Waals surface area contributed by atoms with Crippen molar-refractivity contribution in [2.75, 3.05) is 13.7 Å². The summed E-state index contributed by atoms with van der Waals surface area (Å²) in [6, 6.07) is 49.2. The fourth-order valence-corrected chi connectivity index (χ4v) is 11.7. The molecule has 8 heteroatoms. The number of rotatable bonds is 15. The molecule has 5 aromatic rings. The Morgan fingerprint density at radius 2 is 0.981 bits per heavy atom. The molecule has 5 aromatic carbocycles. The molecule has 0 N–H and O–H groups in total. The molecule has 0 bridgehead atoms. The van der Waals surface area contributed by atoms with E-state index < -0.39 is 39.0 Å². The molecular formula is C44H49ClO6Si. The Bertz CT molecular complexity index is 1730. The maximum Gasteiger partial charge on any atom is 0.261 e. The lowest BCUT2D eigenvalue weighted by molar-refractivity contribution is -0.320. The van der Waals surface area contributed by atoms with E-state index in [0.29, 0.717) is 24.8 Å². The van der Waals surface area contributed by atoms with E-state index >= 15 is 0 Å². The second-order valence-corrected chi connectivity index (χ2v) is 18.9. The van der Waals surface area contributed by atoms with Gasteiger partial charge in [0, 0.05) is 12.1 Å². The fourth-order valence-electron chi connectivity index (χ4n) is 7.04. The summed E-state index contributed by atoms with van der Waals surface area (Å²) in [5.74, 6) is 0. The van der Waals surface area contributed by atoms with Crippen molar-refractivity contribution in [1.82, 2.24) is 0 Å². The smallest absolute Gasteiger partial charge is 0.261 e. The lowest BCUT2D eigenvalue weighted by Crippen LogP contribution is -2.68. The van der Waals surface area contributed by atoms with Gasteiger partial charge in [-0.15, -0.1) is 0 Å². The monoisotopic (exact) mass is 736 g/mol. The van der Waals surface area contributed by atoms with Crippen molar-refractivity contribution in [1.29, 1.82) is 0 Å². The maximum atomic E-state index is 7.44. The van der Waals surface area contributed by atoms with E-state index in [0.717, 1.165) is 16.7 Å². The number of halogens is 1. The maximum absolute atomic E-state index is 7.44. The van der Waals surface area contributed by atoms with Crippen molar-refractivity contribution >= 4 is 30.3 Å². The minimum Gasteiger partial charge on any atom is -0.405 e. The Labute approximate surface area is 314 Å². The van der Waals surface area contributed by atoms with Crippen LogP contribution in [0.5, 0.6) is 0 Å². The van der Waals surface area contributed by atoms with E-state index in [-0.39, 0.29) is 11.6 Å². The largest absolute Gasteiger partial charge is 0.405 e. The van der Waals surface area contributed by atoms with Gasteiger partial charge in [-0.25, -0.2) is 0 Å². The van der Waals surface area contributed by atoms with E-state index in [9.17, 15) is 0 Å². The Hall–Kier alpha value is -3.63. The minimum absolute atomic E-state index is 0.223. The third kappa shape index (κ3) is 9.11. The summed E-state index contributed by atoms with van der Waals surface area (Å²) in [6.07, 6.45) is -3.05. The predicted molar refractivity (Wildman–Crippen MR) is 209 cm³/mol. The highest BCUT2D eigenvalue weighted by Gasteiger charge is 2.53. The van der Waals surface area contributed by atoms with Crippen LogP contribution in [0.1, 0.15) is 37.5 Å². The molecule has 0 unspecified atom stereocenters. The Kier molecular flexibility index (Phi) is 13.1. The molecule has 1 heterocycles. The molecule has 0 radical (unpaired) electrons.